The number of amides is 1. The number of hydrogen-bond acceptors (Lipinski definition) is 5. The van der Waals surface area contributed by atoms with Crippen molar-refractivity contribution in [2.24, 2.45) is 0 Å². The summed E-state index contributed by atoms with van der Waals surface area (Å²) in [4.78, 5) is 32.8. The molecule has 0 spiro atoms. The van der Waals surface area contributed by atoms with Gasteiger partial charge < -0.3 is 5.32 Å². The Morgan fingerprint density at radius 1 is 1.33 bits per heavy atom. The van der Waals surface area contributed by atoms with Crippen LogP contribution in [-0.2, 0) is 11.3 Å². The minimum absolute atomic E-state index is 0.0842. The van der Waals surface area contributed by atoms with Crippen molar-refractivity contribution < 1.29 is 4.79 Å². The van der Waals surface area contributed by atoms with Crippen LogP contribution < -0.4 is 10.9 Å². The molecular weight excluding hydrogens is 324 g/mol. The third kappa shape index (κ3) is 3.51. The minimum Gasteiger partial charge on any atom is -0.300 e. The molecule has 0 atom stereocenters. The Kier molecular flexibility index (Phi) is 4.44. The summed E-state index contributed by atoms with van der Waals surface area (Å²) in [5.74, 6) is -0.126. The van der Waals surface area contributed by atoms with Crippen LogP contribution in [0.3, 0.4) is 0 Å². The molecule has 0 saturated heterocycles. The number of aromatic nitrogens is 3. The molecule has 1 N–H and O–H groups in total. The second-order valence-electron chi connectivity index (χ2n) is 5.97. The van der Waals surface area contributed by atoms with E-state index in [0.29, 0.717) is 5.13 Å². The summed E-state index contributed by atoms with van der Waals surface area (Å²) in [6, 6.07) is 7.41. The van der Waals surface area contributed by atoms with Gasteiger partial charge in [0.2, 0.25) is 5.91 Å². The summed E-state index contributed by atoms with van der Waals surface area (Å²) >= 11 is 1.41. The lowest BCUT2D eigenvalue weighted by Crippen LogP contribution is -2.28. The number of carbonyl (C=O) groups is 1. The minimum atomic E-state index is -0.299. The average molecular weight is 342 g/mol. The van der Waals surface area contributed by atoms with Crippen LogP contribution >= 0.6 is 11.3 Å². The lowest BCUT2D eigenvalue weighted by Gasteiger charge is -2.07. The molecule has 24 heavy (non-hydrogen) atoms. The second kappa shape index (κ2) is 6.52. The van der Waals surface area contributed by atoms with E-state index in [0.717, 1.165) is 21.5 Å². The molecule has 0 saturated carbocycles. The molecule has 2 heterocycles. The Labute approximate surface area is 143 Å². The summed E-state index contributed by atoms with van der Waals surface area (Å²) in [5.41, 5.74) is 2.48. The Morgan fingerprint density at radius 3 is 2.83 bits per heavy atom. The Morgan fingerprint density at radius 2 is 2.12 bits per heavy atom. The van der Waals surface area contributed by atoms with Gasteiger partial charge in [0.05, 0.1) is 22.2 Å². The van der Waals surface area contributed by atoms with Crippen molar-refractivity contribution in [3.63, 3.8) is 0 Å². The van der Waals surface area contributed by atoms with Crippen LogP contribution in [0.4, 0.5) is 5.13 Å². The van der Waals surface area contributed by atoms with E-state index < -0.39 is 0 Å². The normalized spacial score (nSPS) is 11.2. The first-order valence-corrected chi connectivity index (χ1v) is 8.47. The predicted molar refractivity (Wildman–Crippen MR) is 95.6 cm³/mol. The molecule has 3 aromatic rings. The van der Waals surface area contributed by atoms with E-state index in [9.17, 15) is 9.59 Å². The zero-order chi connectivity index (χ0) is 17.3. The SMILES string of the molecule is Cc1ccc2nc(NC(=O)Cn3cnc(C(C)C)cc3=O)sc2c1. The number of carbonyl (C=O) groups excluding carboxylic acids is 1. The summed E-state index contributed by atoms with van der Waals surface area (Å²) < 4.78 is 2.31. The van der Waals surface area contributed by atoms with Gasteiger partial charge in [0.1, 0.15) is 6.54 Å². The molecule has 1 amide bonds. The molecular formula is C17H18N4O2S. The maximum atomic E-state index is 12.2. The highest BCUT2D eigenvalue weighted by Crippen LogP contribution is 2.26. The van der Waals surface area contributed by atoms with E-state index in [2.05, 4.69) is 15.3 Å². The predicted octanol–water partition coefficient (Wildman–Crippen LogP) is 2.92. The van der Waals surface area contributed by atoms with Crippen molar-refractivity contribution in [1.82, 2.24) is 14.5 Å². The van der Waals surface area contributed by atoms with Gasteiger partial charge in [-0.2, -0.15) is 0 Å². The van der Waals surface area contributed by atoms with E-state index in [4.69, 9.17) is 0 Å². The zero-order valence-corrected chi connectivity index (χ0v) is 14.6. The molecule has 2 aromatic heterocycles. The van der Waals surface area contributed by atoms with Crippen molar-refractivity contribution in [1.29, 1.82) is 0 Å². The number of thiazole rings is 1. The lowest BCUT2D eigenvalue weighted by atomic mass is 10.1. The van der Waals surface area contributed by atoms with Gasteiger partial charge in [-0.05, 0) is 30.5 Å². The summed E-state index contributed by atoms with van der Waals surface area (Å²) in [5, 5.41) is 3.27. The molecule has 0 bridgehead atoms. The first-order valence-electron chi connectivity index (χ1n) is 7.66. The first-order chi connectivity index (χ1) is 11.4. The fourth-order valence-electron chi connectivity index (χ4n) is 2.27. The van der Waals surface area contributed by atoms with Gasteiger partial charge in [0.15, 0.2) is 5.13 Å². The molecule has 0 radical (unpaired) electrons. The lowest BCUT2D eigenvalue weighted by molar-refractivity contribution is -0.116. The van der Waals surface area contributed by atoms with E-state index in [1.807, 2.05) is 39.0 Å². The number of aryl methyl sites for hydroxylation is 1. The quantitative estimate of drug-likeness (QED) is 0.791. The fourth-order valence-corrected chi connectivity index (χ4v) is 3.25. The summed E-state index contributed by atoms with van der Waals surface area (Å²) in [6.45, 7) is 5.86. The second-order valence-corrected chi connectivity index (χ2v) is 7.00. The number of anilines is 1. The number of benzene rings is 1. The molecule has 3 rings (SSSR count). The van der Waals surface area contributed by atoms with E-state index in [1.165, 1.54) is 28.3 Å². The van der Waals surface area contributed by atoms with Crippen LogP contribution in [0.2, 0.25) is 0 Å². The van der Waals surface area contributed by atoms with Crippen molar-refractivity contribution in [2.75, 3.05) is 5.32 Å². The zero-order valence-electron chi connectivity index (χ0n) is 13.7. The highest BCUT2D eigenvalue weighted by molar-refractivity contribution is 7.22. The van der Waals surface area contributed by atoms with E-state index >= 15 is 0 Å². The van der Waals surface area contributed by atoms with Gasteiger partial charge in [-0.25, -0.2) is 9.97 Å². The topological polar surface area (TPSA) is 76.9 Å². The van der Waals surface area contributed by atoms with Crippen LogP contribution in [0.25, 0.3) is 10.2 Å². The Balaban J connectivity index is 1.74. The molecule has 6 nitrogen and oxygen atoms in total. The van der Waals surface area contributed by atoms with Crippen LogP contribution in [0, 0.1) is 6.92 Å². The largest absolute Gasteiger partial charge is 0.300 e. The van der Waals surface area contributed by atoms with Gasteiger partial charge >= 0.3 is 0 Å². The molecule has 0 aliphatic carbocycles. The smallest absolute Gasteiger partial charge is 0.254 e. The average Bonchev–Trinajstić information content (AvgIpc) is 2.90. The molecule has 1 aromatic carbocycles. The van der Waals surface area contributed by atoms with Crippen molar-refractivity contribution in [3.8, 4) is 0 Å². The van der Waals surface area contributed by atoms with Gasteiger partial charge in [0.25, 0.3) is 5.56 Å². The van der Waals surface area contributed by atoms with Crippen molar-refractivity contribution >= 4 is 32.6 Å². The van der Waals surface area contributed by atoms with Crippen LogP contribution in [-0.4, -0.2) is 20.4 Å². The van der Waals surface area contributed by atoms with Gasteiger partial charge in [0, 0.05) is 6.07 Å². The Hall–Kier alpha value is -2.54. The van der Waals surface area contributed by atoms with E-state index in [1.54, 1.807) is 0 Å². The highest BCUT2D eigenvalue weighted by Gasteiger charge is 2.10. The van der Waals surface area contributed by atoms with Gasteiger partial charge in [-0.15, -0.1) is 0 Å². The molecule has 124 valence electrons. The van der Waals surface area contributed by atoms with Crippen molar-refractivity contribution in [3.05, 3.63) is 52.2 Å². The number of nitrogens with one attached hydrogen (secondary N) is 1. The maximum absolute atomic E-state index is 12.2. The van der Waals surface area contributed by atoms with Crippen LogP contribution in [0.1, 0.15) is 31.0 Å². The summed E-state index contributed by atoms with van der Waals surface area (Å²) in [7, 11) is 0. The molecule has 0 aliphatic rings. The standard InChI is InChI=1S/C17H18N4O2S/c1-10(2)13-7-16(23)21(9-18-13)8-15(22)20-17-19-12-5-4-11(3)6-14(12)24-17/h4-7,9-10H,8H2,1-3H3,(H,19,20,22). The molecule has 0 fully saturated rings. The molecule has 0 aliphatic heterocycles. The number of fused-ring (bicyclic) bond motifs is 1. The number of hydrogen-bond donors (Lipinski definition) is 1. The van der Waals surface area contributed by atoms with Gasteiger partial charge in [-0.1, -0.05) is 31.3 Å². The Bertz CT molecular complexity index is 959. The van der Waals surface area contributed by atoms with Crippen molar-refractivity contribution in [2.45, 2.75) is 33.2 Å². The molecule has 7 heteroatoms. The third-order valence-corrected chi connectivity index (χ3v) is 4.53. The summed E-state index contributed by atoms with van der Waals surface area (Å²) in [6.07, 6.45) is 1.42. The third-order valence-electron chi connectivity index (χ3n) is 3.60. The monoisotopic (exact) mass is 342 g/mol. The van der Waals surface area contributed by atoms with Crippen LogP contribution in [0.15, 0.2) is 35.4 Å². The first kappa shape index (κ1) is 16.3. The molecule has 0 unspecified atom stereocenters. The number of rotatable bonds is 4. The van der Waals surface area contributed by atoms with Crippen LogP contribution in [0.5, 0.6) is 0 Å². The fraction of sp³-hybridized carbons (Fsp3) is 0.294. The highest BCUT2D eigenvalue weighted by atomic mass is 32.1. The maximum Gasteiger partial charge on any atom is 0.254 e. The number of nitrogens with zero attached hydrogens (tertiary/aromatic N) is 3. The van der Waals surface area contributed by atoms with Gasteiger partial charge in [-0.3, -0.25) is 14.2 Å². The van der Waals surface area contributed by atoms with E-state index in [-0.39, 0.29) is 23.9 Å².